The Morgan fingerprint density at radius 1 is 1.04 bits per heavy atom. The van der Waals surface area contributed by atoms with Gasteiger partial charge in [0.15, 0.2) is 0 Å². The number of hydrogen-bond donors (Lipinski definition) is 0. The number of carbonyl (C=O) groups excluding carboxylic acids is 2. The van der Waals surface area contributed by atoms with Gasteiger partial charge in [-0.3, -0.25) is 14.6 Å². The lowest BCUT2D eigenvalue weighted by Crippen LogP contribution is -2.39. The van der Waals surface area contributed by atoms with E-state index in [1.54, 1.807) is 18.3 Å². The zero-order valence-corrected chi connectivity index (χ0v) is 13.8. The molecule has 1 aromatic heterocycles. The quantitative estimate of drug-likeness (QED) is 0.843. The molecule has 3 rings (SSSR count). The van der Waals surface area contributed by atoms with Gasteiger partial charge in [-0.15, -0.1) is 0 Å². The van der Waals surface area contributed by atoms with Gasteiger partial charge in [-0.25, -0.2) is 0 Å². The van der Waals surface area contributed by atoms with Crippen LogP contribution in [0.3, 0.4) is 0 Å². The van der Waals surface area contributed by atoms with Gasteiger partial charge in [0, 0.05) is 37.9 Å². The average molecular weight is 315 g/mol. The van der Waals surface area contributed by atoms with Gasteiger partial charge >= 0.3 is 0 Å². The van der Waals surface area contributed by atoms with E-state index in [1.807, 2.05) is 9.80 Å². The van der Waals surface area contributed by atoms with Gasteiger partial charge < -0.3 is 9.80 Å². The second-order valence-electron chi connectivity index (χ2n) is 6.78. The molecule has 2 saturated heterocycles. The van der Waals surface area contributed by atoms with E-state index in [2.05, 4.69) is 11.9 Å². The molecule has 23 heavy (non-hydrogen) atoms. The minimum atomic E-state index is -0.0497. The zero-order chi connectivity index (χ0) is 16.2. The van der Waals surface area contributed by atoms with Crippen molar-refractivity contribution in [2.75, 3.05) is 26.2 Å². The Morgan fingerprint density at radius 3 is 2.52 bits per heavy atom. The number of likely N-dealkylation sites (tertiary alicyclic amines) is 2. The molecular weight excluding hydrogens is 290 g/mol. The van der Waals surface area contributed by atoms with Gasteiger partial charge in [0.1, 0.15) is 5.69 Å². The summed E-state index contributed by atoms with van der Waals surface area (Å²) >= 11 is 0. The van der Waals surface area contributed by atoms with Crippen LogP contribution in [0.2, 0.25) is 0 Å². The summed E-state index contributed by atoms with van der Waals surface area (Å²) in [6, 6.07) is 3.38. The fourth-order valence-electron chi connectivity index (χ4n) is 3.50. The molecule has 5 nitrogen and oxygen atoms in total. The van der Waals surface area contributed by atoms with Crippen molar-refractivity contribution in [3.8, 4) is 0 Å². The van der Waals surface area contributed by atoms with Crippen LogP contribution in [0.4, 0.5) is 0 Å². The first-order valence-electron chi connectivity index (χ1n) is 8.70. The molecule has 2 aliphatic heterocycles. The number of hydrogen-bond acceptors (Lipinski definition) is 3. The van der Waals surface area contributed by atoms with Crippen LogP contribution < -0.4 is 0 Å². The molecule has 1 unspecified atom stereocenters. The van der Waals surface area contributed by atoms with Crippen LogP contribution in [0.5, 0.6) is 0 Å². The Balaban J connectivity index is 1.73. The van der Waals surface area contributed by atoms with Crippen molar-refractivity contribution in [2.24, 2.45) is 5.92 Å². The Kier molecular flexibility index (Phi) is 4.94. The predicted octanol–water partition coefficient (Wildman–Crippen LogP) is 2.58. The molecule has 0 spiro atoms. The normalized spacial score (nSPS) is 22.0. The topological polar surface area (TPSA) is 53.5 Å². The van der Waals surface area contributed by atoms with Crippen LogP contribution in [-0.4, -0.2) is 52.8 Å². The lowest BCUT2D eigenvalue weighted by molar-refractivity contribution is 0.0682. The smallest absolute Gasteiger partial charge is 0.272 e. The van der Waals surface area contributed by atoms with E-state index < -0.39 is 0 Å². The van der Waals surface area contributed by atoms with E-state index in [1.165, 1.54) is 12.8 Å². The molecule has 2 amide bonds. The van der Waals surface area contributed by atoms with Crippen molar-refractivity contribution >= 4 is 11.8 Å². The second kappa shape index (κ2) is 7.11. The minimum absolute atomic E-state index is 0.0200. The SMILES string of the molecule is CC1CCCN(C(=O)c2ccnc(C(=O)N3CCCCC3)c2)C1. The van der Waals surface area contributed by atoms with Gasteiger partial charge in [0.25, 0.3) is 11.8 Å². The van der Waals surface area contributed by atoms with E-state index >= 15 is 0 Å². The van der Waals surface area contributed by atoms with Crippen LogP contribution in [0.15, 0.2) is 18.3 Å². The van der Waals surface area contributed by atoms with E-state index in [0.29, 0.717) is 17.2 Å². The number of nitrogens with zero attached hydrogens (tertiary/aromatic N) is 3. The molecule has 1 atom stereocenters. The summed E-state index contributed by atoms with van der Waals surface area (Å²) in [5, 5.41) is 0. The number of piperidine rings is 2. The van der Waals surface area contributed by atoms with Crippen molar-refractivity contribution < 1.29 is 9.59 Å². The molecule has 3 heterocycles. The van der Waals surface area contributed by atoms with E-state index in [0.717, 1.165) is 45.4 Å². The van der Waals surface area contributed by atoms with Crippen LogP contribution >= 0.6 is 0 Å². The summed E-state index contributed by atoms with van der Waals surface area (Å²) in [6.07, 6.45) is 7.10. The lowest BCUT2D eigenvalue weighted by Gasteiger charge is -2.31. The summed E-state index contributed by atoms with van der Waals surface area (Å²) in [5.74, 6) is 0.516. The number of aromatic nitrogens is 1. The molecule has 1 aromatic rings. The summed E-state index contributed by atoms with van der Waals surface area (Å²) in [6.45, 7) is 5.37. The molecule has 124 valence electrons. The molecule has 0 aliphatic carbocycles. The largest absolute Gasteiger partial charge is 0.338 e. The Morgan fingerprint density at radius 2 is 1.78 bits per heavy atom. The highest BCUT2D eigenvalue weighted by Crippen LogP contribution is 2.19. The second-order valence-corrected chi connectivity index (χ2v) is 6.78. The monoisotopic (exact) mass is 315 g/mol. The summed E-state index contributed by atoms with van der Waals surface area (Å²) in [5.41, 5.74) is 0.970. The maximum absolute atomic E-state index is 12.7. The van der Waals surface area contributed by atoms with E-state index in [-0.39, 0.29) is 11.8 Å². The van der Waals surface area contributed by atoms with Gasteiger partial charge in [-0.2, -0.15) is 0 Å². The number of amides is 2. The molecule has 0 radical (unpaired) electrons. The van der Waals surface area contributed by atoms with Crippen LogP contribution in [0, 0.1) is 5.92 Å². The maximum Gasteiger partial charge on any atom is 0.272 e. The van der Waals surface area contributed by atoms with Gasteiger partial charge in [0.05, 0.1) is 0 Å². The highest BCUT2D eigenvalue weighted by Gasteiger charge is 2.24. The number of rotatable bonds is 2. The third-order valence-corrected chi connectivity index (χ3v) is 4.81. The van der Waals surface area contributed by atoms with Gasteiger partial charge in [-0.05, 0) is 50.2 Å². The predicted molar refractivity (Wildman–Crippen MR) is 88.3 cm³/mol. The molecule has 2 aliphatic rings. The average Bonchev–Trinajstić information content (AvgIpc) is 2.61. The number of carbonyl (C=O) groups is 2. The third-order valence-electron chi connectivity index (χ3n) is 4.81. The van der Waals surface area contributed by atoms with Crippen molar-refractivity contribution in [3.05, 3.63) is 29.6 Å². The fourth-order valence-corrected chi connectivity index (χ4v) is 3.50. The Labute approximate surface area is 137 Å². The third kappa shape index (κ3) is 3.71. The van der Waals surface area contributed by atoms with Crippen molar-refractivity contribution in [1.29, 1.82) is 0 Å². The van der Waals surface area contributed by atoms with Crippen molar-refractivity contribution in [1.82, 2.24) is 14.8 Å². The van der Waals surface area contributed by atoms with Crippen LogP contribution in [0.25, 0.3) is 0 Å². The van der Waals surface area contributed by atoms with Crippen molar-refractivity contribution in [2.45, 2.75) is 39.0 Å². The van der Waals surface area contributed by atoms with Crippen LogP contribution in [-0.2, 0) is 0 Å². The Bertz CT molecular complexity index is 581. The number of pyridine rings is 1. The van der Waals surface area contributed by atoms with Crippen LogP contribution in [0.1, 0.15) is 59.9 Å². The standard InChI is InChI=1S/C18H25N3O2/c1-14-6-5-11-21(13-14)17(22)15-7-8-19-16(12-15)18(23)20-9-3-2-4-10-20/h7-8,12,14H,2-6,9-11,13H2,1H3. The van der Waals surface area contributed by atoms with E-state index in [9.17, 15) is 9.59 Å². The van der Waals surface area contributed by atoms with Gasteiger partial charge in [0.2, 0.25) is 0 Å². The molecule has 0 aromatic carbocycles. The fraction of sp³-hybridized carbons (Fsp3) is 0.611. The molecular formula is C18H25N3O2. The van der Waals surface area contributed by atoms with E-state index in [4.69, 9.17) is 0 Å². The highest BCUT2D eigenvalue weighted by molar-refractivity contribution is 5.98. The molecule has 0 bridgehead atoms. The maximum atomic E-state index is 12.7. The zero-order valence-electron chi connectivity index (χ0n) is 13.8. The molecule has 5 heteroatoms. The summed E-state index contributed by atoms with van der Waals surface area (Å²) < 4.78 is 0. The summed E-state index contributed by atoms with van der Waals surface area (Å²) in [7, 11) is 0. The minimum Gasteiger partial charge on any atom is -0.338 e. The van der Waals surface area contributed by atoms with Crippen molar-refractivity contribution in [3.63, 3.8) is 0 Å². The summed E-state index contributed by atoms with van der Waals surface area (Å²) in [4.78, 5) is 33.2. The first-order chi connectivity index (χ1) is 11.1. The Hall–Kier alpha value is -1.91. The first-order valence-corrected chi connectivity index (χ1v) is 8.70. The first kappa shape index (κ1) is 16.0. The molecule has 2 fully saturated rings. The molecule has 0 N–H and O–H groups in total. The molecule has 0 saturated carbocycles. The van der Waals surface area contributed by atoms with Gasteiger partial charge in [-0.1, -0.05) is 6.92 Å². The lowest BCUT2D eigenvalue weighted by atomic mass is 9.99. The highest BCUT2D eigenvalue weighted by atomic mass is 16.2.